The monoisotopic (exact) mass is 436 g/mol. The third-order valence-corrected chi connectivity index (χ3v) is 4.83. The zero-order chi connectivity index (χ0) is 18.7. The zero-order valence-electron chi connectivity index (χ0n) is 12.9. The Balaban J connectivity index is 1.81. The van der Waals surface area contributed by atoms with Gasteiger partial charge in [0.1, 0.15) is 0 Å². The van der Waals surface area contributed by atoms with Gasteiger partial charge in [0.25, 0.3) is 0 Å². The quantitative estimate of drug-likeness (QED) is 0.325. The summed E-state index contributed by atoms with van der Waals surface area (Å²) >= 11 is 4.62. The van der Waals surface area contributed by atoms with E-state index in [4.69, 9.17) is 0 Å². The van der Waals surface area contributed by atoms with Crippen molar-refractivity contribution in [2.75, 3.05) is 0 Å². The maximum absolute atomic E-state index is 11.0. The molecule has 0 radical (unpaired) electrons. The molecule has 0 unspecified atom stereocenters. The van der Waals surface area contributed by atoms with Gasteiger partial charge < -0.3 is 0 Å². The molecule has 2 aromatic carbocycles. The Morgan fingerprint density at radius 1 is 1.04 bits per heavy atom. The Labute approximate surface area is 158 Å². The number of hydrogen-bond donors (Lipinski definition) is 0. The second kappa shape index (κ2) is 7.58. The lowest BCUT2D eigenvalue weighted by molar-refractivity contribution is -0.422. The minimum Gasteiger partial charge on any atom is -0.258 e. The highest BCUT2D eigenvalue weighted by molar-refractivity contribution is 9.10. The van der Waals surface area contributed by atoms with E-state index in [1.807, 2.05) is 24.3 Å². The first-order valence-electron chi connectivity index (χ1n) is 7.04. The summed E-state index contributed by atoms with van der Waals surface area (Å²) in [6, 6.07) is 11.2. The number of rotatable bonds is 6. The predicted molar refractivity (Wildman–Crippen MR) is 96.2 cm³/mol. The van der Waals surface area contributed by atoms with E-state index >= 15 is 0 Å². The largest absolute Gasteiger partial charge is 0.346 e. The Morgan fingerprint density at radius 3 is 2.38 bits per heavy atom. The molecule has 1 heterocycles. The smallest absolute Gasteiger partial charge is 0.258 e. The molecule has 12 heteroatoms. The highest BCUT2D eigenvalue weighted by atomic mass is 79.9. The van der Waals surface area contributed by atoms with Gasteiger partial charge in [0.15, 0.2) is 0 Å². The Hall–Kier alpha value is -2.86. The van der Waals surface area contributed by atoms with E-state index in [2.05, 4.69) is 31.5 Å². The Bertz CT molecular complexity index is 978. The van der Waals surface area contributed by atoms with E-state index in [1.54, 1.807) is 0 Å². The van der Waals surface area contributed by atoms with Gasteiger partial charge >= 0.3 is 11.4 Å². The molecule has 0 saturated carbocycles. The number of nitro benzene ring substituents is 2. The third-order valence-electron chi connectivity index (χ3n) is 3.31. The average Bonchev–Trinajstić information content (AvgIpc) is 3.08. The topological polar surface area (TPSA) is 130 Å². The minimum absolute atomic E-state index is 0.315. The van der Waals surface area contributed by atoms with Crippen LogP contribution in [0.15, 0.2) is 52.1 Å². The van der Waals surface area contributed by atoms with Crippen LogP contribution in [0.25, 0.3) is 5.69 Å². The van der Waals surface area contributed by atoms with Gasteiger partial charge in [-0.1, -0.05) is 33.8 Å². The van der Waals surface area contributed by atoms with Crippen LogP contribution in [0.4, 0.5) is 11.4 Å². The van der Waals surface area contributed by atoms with Gasteiger partial charge in [0, 0.05) is 22.4 Å². The van der Waals surface area contributed by atoms with Crippen molar-refractivity contribution in [1.29, 1.82) is 0 Å². The zero-order valence-corrected chi connectivity index (χ0v) is 15.3. The number of thioether (sulfide) groups is 1. The summed E-state index contributed by atoms with van der Waals surface area (Å²) in [5.41, 5.74) is 0.233. The van der Waals surface area contributed by atoms with Crippen molar-refractivity contribution in [3.05, 3.63) is 72.7 Å². The van der Waals surface area contributed by atoms with Crippen LogP contribution in [-0.2, 0) is 5.75 Å². The minimum atomic E-state index is -0.775. The molecule has 0 atom stereocenters. The van der Waals surface area contributed by atoms with Crippen LogP contribution in [0.1, 0.15) is 5.56 Å². The van der Waals surface area contributed by atoms with Crippen LogP contribution in [0, 0.1) is 20.2 Å². The summed E-state index contributed by atoms with van der Waals surface area (Å²) in [5, 5.41) is 33.9. The number of halogens is 1. The molecule has 0 fully saturated rings. The van der Waals surface area contributed by atoms with Gasteiger partial charge in [-0.2, -0.15) is 4.68 Å². The van der Waals surface area contributed by atoms with E-state index in [9.17, 15) is 20.2 Å². The number of tetrazole rings is 1. The SMILES string of the molecule is O=[N+]([O-])c1ccc(CSc2nnnn2-c2ccc(Br)cc2)cc1[N+](=O)[O-]. The third kappa shape index (κ3) is 3.86. The van der Waals surface area contributed by atoms with Crippen molar-refractivity contribution >= 4 is 39.1 Å². The molecule has 10 nitrogen and oxygen atoms in total. The molecule has 0 N–H and O–H groups in total. The molecule has 0 aliphatic heterocycles. The van der Waals surface area contributed by atoms with Crippen LogP contribution in [0.5, 0.6) is 0 Å². The molecule has 0 aliphatic rings. The van der Waals surface area contributed by atoms with Crippen LogP contribution in [-0.4, -0.2) is 30.1 Å². The summed E-state index contributed by atoms with van der Waals surface area (Å²) in [6.07, 6.45) is 0. The summed E-state index contributed by atoms with van der Waals surface area (Å²) in [7, 11) is 0. The van der Waals surface area contributed by atoms with Gasteiger partial charge in [-0.25, -0.2) is 0 Å². The first-order chi connectivity index (χ1) is 12.5. The second-order valence-corrected chi connectivity index (χ2v) is 6.83. The molecular weight excluding hydrogens is 428 g/mol. The lowest BCUT2D eigenvalue weighted by atomic mass is 10.2. The number of nitrogens with zero attached hydrogens (tertiary/aromatic N) is 6. The van der Waals surface area contributed by atoms with Crippen LogP contribution in [0.2, 0.25) is 0 Å². The first kappa shape index (κ1) is 17.9. The van der Waals surface area contributed by atoms with E-state index in [-0.39, 0.29) is 0 Å². The highest BCUT2D eigenvalue weighted by Gasteiger charge is 2.24. The Morgan fingerprint density at radius 2 is 1.73 bits per heavy atom. The van der Waals surface area contributed by atoms with E-state index < -0.39 is 21.2 Å². The van der Waals surface area contributed by atoms with Gasteiger partial charge in [-0.15, -0.1) is 5.10 Å². The van der Waals surface area contributed by atoms with Crippen molar-refractivity contribution in [2.45, 2.75) is 10.9 Å². The van der Waals surface area contributed by atoms with Crippen molar-refractivity contribution in [1.82, 2.24) is 20.2 Å². The second-order valence-electron chi connectivity index (χ2n) is 4.98. The lowest BCUT2D eigenvalue weighted by Gasteiger charge is -2.05. The molecule has 0 saturated heterocycles. The standard InChI is InChI=1S/C14H9BrN6O4S/c15-10-2-4-11(5-3-10)19-14(16-17-18-19)26-8-9-1-6-12(20(22)23)13(7-9)21(24)25/h1-7H,8H2. The summed E-state index contributed by atoms with van der Waals surface area (Å²) in [5.74, 6) is 0.315. The van der Waals surface area contributed by atoms with Gasteiger partial charge in [0.2, 0.25) is 5.16 Å². The molecule has 26 heavy (non-hydrogen) atoms. The molecule has 0 aliphatic carbocycles. The molecule has 0 amide bonds. The van der Waals surface area contributed by atoms with Crippen LogP contribution in [0.3, 0.4) is 0 Å². The van der Waals surface area contributed by atoms with E-state index in [0.29, 0.717) is 16.5 Å². The van der Waals surface area contributed by atoms with Gasteiger partial charge in [-0.05, 0) is 40.3 Å². The van der Waals surface area contributed by atoms with Crippen molar-refractivity contribution in [3.63, 3.8) is 0 Å². The average molecular weight is 437 g/mol. The molecule has 0 bridgehead atoms. The van der Waals surface area contributed by atoms with E-state index in [0.717, 1.165) is 16.2 Å². The molecule has 132 valence electrons. The fourth-order valence-electron chi connectivity index (χ4n) is 2.12. The summed E-state index contributed by atoms with van der Waals surface area (Å²) in [4.78, 5) is 20.4. The van der Waals surface area contributed by atoms with Crippen molar-refractivity contribution in [2.24, 2.45) is 0 Å². The van der Waals surface area contributed by atoms with Crippen molar-refractivity contribution in [3.8, 4) is 5.69 Å². The maximum atomic E-state index is 11.0. The maximum Gasteiger partial charge on any atom is 0.346 e. The summed E-state index contributed by atoms with van der Waals surface area (Å²) < 4.78 is 2.46. The first-order valence-corrected chi connectivity index (χ1v) is 8.82. The number of aromatic nitrogens is 4. The summed E-state index contributed by atoms with van der Waals surface area (Å²) in [6.45, 7) is 0. The van der Waals surface area contributed by atoms with E-state index in [1.165, 1.54) is 28.6 Å². The fraction of sp³-hybridized carbons (Fsp3) is 0.0714. The van der Waals surface area contributed by atoms with Gasteiger partial charge in [0.05, 0.1) is 15.5 Å². The number of benzene rings is 2. The molecule has 1 aromatic heterocycles. The number of hydrogen-bond acceptors (Lipinski definition) is 8. The lowest BCUT2D eigenvalue weighted by Crippen LogP contribution is -1.99. The molecule has 0 spiro atoms. The van der Waals surface area contributed by atoms with Gasteiger partial charge in [-0.3, -0.25) is 20.2 Å². The van der Waals surface area contributed by atoms with Crippen LogP contribution < -0.4 is 0 Å². The molecule has 3 rings (SSSR count). The number of nitro groups is 2. The highest BCUT2D eigenvalue weighted by Crippen LogP contribution is 2.30. The fourth-order valence-corrected chi connectivity index (χ4v) is 3.22. The molecule has 3 aromatic rings. The van der Waals surface area contributed by atoms with Crippen molar-refractivity contribution < 1.29 is 9.85 Å². The Kier molecular flexibility index (Phi) is 5.23. The molecular formula is C14H9BrN6O4S. The van der Waals surface area contributed by atoms with Crippen LogP contribution >= 0.6 is 27.7 Å². The normalized spacial score (nSPS) is 10.7. The predicted octanol–water partition coefficient (Wildman–Crippen LogP) is 3.53.